The van der Waals surface area contributed by atoms with E-state index >= 15 is 0 Å². The average Bonchev–Trinajstić information content (AvgIpc) is 3.27. The highest BCUT2D eigenvalue weighted by Crippen LogP contribution is 2.29. The van der Waals surface area contributed by atoms with E-state index in [9.17, 15) is 4.79 Å². The minimum atomic E-state index is -0.255. The van der Waals surface area contributed by atoms with Crippen LogP contribution in [0, 0.1) is 0 Å². The van der Waals surface area contributed by atoms with E-state index in [1.807, 2.05) is 55.5 Å². The van der Waals surface area contributed by atoms with Gasteiger partial charge in [-0.15, -0.1) is 10.2 Å². The lowest BCUT2D eigenvalue weighted by Crippen LogP contribution is -2.24. The van der Waals surface area contributed by atoms with Gasteiger partial charge in [-0.3, -0.25) is 9.36 Å². The van der Waals surface area contributed by atoms with Gasteiger partial charge in [0.25, 0.3) is 5.56 Å². The van der Waals surface area contributed by atoms with E-state index in [1.165, 1.54) is 0 Å². The van der Waals surface area contributed by atoms with Crippen molar-refractivity contribution >= 4 is 16.8 Å². The Labute approximate surface area is 195 Å². The van der Waals surface area contributed by atoms with Gasteiger partial charge >= 0.3 is 0 Å². The van der Waals surface area contributed by atoms with Gasteiger partial charge < -0.3 is 9.47 Å². The summed E-state index contributed by atoms with van der Waals surface area (Å²) in [7, 11) is 3.20. The van der Waals surface area contributed by atoms with Gasteiger partial charge in [-0.05, 0) is 36.1 Å². The molecule has 0 bridgehead atoms. The number of ether oxygens (including phenoxy) is 2. The molecule has 5 rings (SSSR count). The Bertz CT molecular complexity index is 1540. The van der Waals surface area contributed by atoms with Gasteiger partial charge in [-0.25, -0.2) is 4.98 Å². The summed E-state index contributed by atoms with van der Waals surface area (Å²) in [5, 5.41) is 13.4. The Balaban J connectivity index is 1.53. The SMILES string of the molecule is CCc1nn2c(nnc3c(=O)n(CCc4ccc(OC)c(OC)c4)cnc32)c1-c1ccccc1. The molecule has 0 amide bonds. The monoisotopic (exact) mass is 456 g/mol. The van der Waals surface area contributed by atoms with Gasteiger partial charge in [0, 0.05) is 6.54 Å². The highest BCUT2D eigenvalue weighted by atomic mass is 16.5. The molecule has 3 aromatic heterocycles. The van der Waals surface area contributed by atoms with Crippen LogP contribution in [0.4, 0.5) is 0 Å². The maximum absolute atomic E-state index is 13.2. The normalized spacial score (nSPS) is 11.3. The lowest BCUT2D eigenvalue weighted by Gasteiger charge is -2.10. The molecule has 0 spiro atoms. The molecule has 9 nitrogen and oxygen atoms in total. The molecule has 3 heterocycles. The van der Waals surface area contributed by atoms with Crippen molar-refractivity contribution in [2.45, 2.75) is 26.3 Å². The highest BCUT2D eigenvalue weighted by Gasteiger charge is 2.19. The summed E-state index contributed by atoms with van der Waals surface area (Å²) in [6.07, 6.45) is 2.88. The third-order valence-corrected chi connectivity index (χ3v) is 5.86. The number of aromatic nitrogens is 6. The van der Waals surface area contributed by atoms with Gasteiger partial charge in [-0.1, -0.05) is 43.3 Å². The fourth-order valence-electron chi connectivity index (χ4n) is 4.10. The molecule has 172 valence electrons. The van der Waals surface area contributed by atoms with E-state index in [-0.39, 0.29) is 11.1 Å². The zero-order valence-electron chi connectivity index (χ0n) is 19.2. The molecule has 2 aromatic carbocycles. The molecule has 5 aromatic rings. The standard InChI is InChI=1S/C25H24N6O3/c1-4-18-21(17-8-6-5-7-9-17)23-28-27-22-24(31(23)29-18)26-15-30(25(22)32)13-12-16-10-11-19(33-2)20(14-16)34-3/h5-11,14-15H,4,12-13H2,1-3H3. The van der Waals surface area contributed by atoms with Crippen molar-refractivity contribution in [1.82, 2.24) is 29.4 Å². The van der Waals surface area contributed by atoms with Gasteiger partial charge in [0.05, 0.1) is 25.5 Å². The molecule has 0 aliphatic carbocycles. The number of hydrogen-bond donors (Lipinski definition) is 0. The number of benzene rings is 2. The molecule has 0 fully saturated rings. The summed E-state index contributed by atoms with van der Waals surface area (Å²) < 4.78 is 13.8. The molecule has 0 saturated heterocycles. The number of methoxy groups -OCH3 is 2. The first-order valence-electron chi connectivity index (χ1n) is 11.0. The summed E-state index contributed by atoms with van der Waals surface area (Å²) in [5.74, 6) is 1.31. The first kappa shape index (κ1) is 21.6. The molecule has 0 unspecified atom stereocenters. The maximum Gasteiger partial charge on any atom is 0.283 e. The van der Waals surface area contributed by atoms with Crippen LogP contribution >= 0.6 is 0 Å². The number of aryl methyl sites for hydroxylation is 3. The Morgan fingerprint density at radius 2 is 1.74 bits per heavy atom. The van der Waals surface area contributed by atoms with Crippen LogP contribution in [0.3, 0.4) is 0 Å². The largest absolute Gasteiger partial charge is 0.493 e. The Morgan fingerprint density at radius 3 is 2.47 bits per heavy atom. The van der Waals surface area contributed by atoms with Gasteiger partial charge in [0.15, 0.2) is 28.3 Å². The predicted molar refractivity (Wildman–Crippen MR) is 128 cm³/mol. The van der Waals surface area contributed by atoms with Crippen molar-refractivity contribution < 1.29 is 9.47 Å². The fraction of sp³-hybridized carbons (Fsp3) is 0.240. The van der Waals surface area contributed by atoms with Crippen LogP contribution in [0.1, 0.15) is 18.2 Å². The predicted octanol–water partition coefficient (Wildman–Crippen LogP) is 3.32. The summed E-state index contributed by atoms with van der Waals surface area (Å²) in [6.45, 7) is 2.48. The summed E-state index contributed by atoms with van der Waals surface area (Å²) in [5.41, 5.74) is 4.73. The second-order valence-corrected chi connectivity index (χ2v) is 7.83. The number of rotatable bonds is 7. The number of fused-ring (bicyclic) bond motifs is 3. The molecule has 0 radical (unpaired) electrons. The van der Waals surface area contributed by atoms with Crippen molar-refractivity contribution in [2.24, 2.45) is 0 Å². The second kappa shape index (κ2) is 8.93. The van der Waals surface area contributed by atoms with Crippen molar-refractivity contribution in [3.63, 3.8) is 0 Å². The summed E-state index contributed by atoms with van der Waals surface area (Å²) >= 11 is 0. The van der Waals surface area contributed by atoms with E-state index < -0.39 is 0 Å². The van der Waals surface area contributed by atoms with Crippen LogP contribution in [0.2, 0.25) is 0 Å². The third kappa shape index (κ3) is 3.64. The zero-order valence-corrected chi connectivity index (χ0v) is 19.2. The first-order chi connectivity index (χ1) is 16.6. The van der Waals surface area contributed by atoms with Crippen molar-refractivity contribution in [3.8, 4) is 22.6 Å². The van der Waals surface area contributed by atoms with Crippen molar-refractivity contribution in [2.75, 3.05) is 14.2 Å². The Morgan fingerprint density at radius 1 is 0.941 bits per heavy atom. The van der Waals surface area contributed by atoms with Crippen molar-refractivity contribution in [1.29, 1.82) is 0 Å². The van der Waals surface area contributed by atoms with Crippen LogP contribution < -0.4 is 15.0 Å². The fourth-order valence-corrected chi connectivity index (χ4v) is 4.10. The molecule has 0 N–H and O–H groups in total. The first-order valence-corrected chi connectivity index (χ1v) is 11.0. The second-order valence-electron chi connectivity index (χ2n) is 7.83. The van der Waals surface area contributed by atoms with E-state index in [2.05, 4.69) is 15.2 Å². The van der Waals surface area contributed by atoms with E-state index in [0.717, 1.165) is 28.8 Å². The van der Waals surface area contributed by atoms with E-state index in [1.54, 1.807) is 29.6 Å². The molecule has 0 atom stereocenters. The van der Waals surface area contributed by atoms with Gasteiger partial charge in [0.1, 0.15) is 6.33 Å². The van der Waals surface area contributed by atoms with Crippen LogP contribution in [-0.4, -0.2) is 43.6 Å². The molecular weight excluding hydrogens is 432 g/mol. The third-order valence-electron chi connectivity index (χ3n) is 5.86. The molecular formula is C25H24N6O3. The van der Waals surface area contributed by atoms with E-state index in [4.69, 9.17) is 14.6 Å². The van der Waals surface area contributed by atoms with Crippen LogP contribution in [0.15, 0.2) is 59.7 Å². The average molecular weight is 457 g/mol. The zero-order chi connectivity index (χ0) is 23.7. The minimum Gasteiger partial charge on any atom is -0.493 e. The minimum absolute atomic E-state index is 0.187. The smallest absolute Gasteiger partial charge is 0.283 e. The highest BCUT2D eigenvalue weighted by molar-refractivity contribution is 5.83. The van der Waals surface area contributed by atoms with Crippen LogP contribution in [-0.2, 0) is 19.4 Å². The summed E-state index contributed by atoms with van der Waals surface area (Å²) in [4.78, 5) is 17.7. The summed E-state index contributed by atoms with van der Waals surface area (Å²) in [6, 6.07) is 15.7. The maximum atomic E-state index is 13.2. The molecule has 9 heteroatoms. The number of hydrogen-bond acceptors (Lipinski definition) is 7. The molecule has 0 aliphatic heterocycles. The van der Waals surface area contributed by atoms with Crippen molar-refractivity contribution in [3.05, 3.63) is 76.5 Å². The van der Waals surface area contributed by atoms with Crippen LogP contribution in [0.5, 0.6) is 11.5 Å². The molecule has 0 saturated carbocycles. The quantitative estimate of drug-likeness (QED) is 0.371. The topological polar surface area (TPSA) is 96.4 Å². The number of nitrogens with zero attached hydrogens (tertiary/aromatic N) is 6. The Kier molecular flexibility index (Phi) is 5.67. The molecule has 0 aliphatic rings. The van der Waals surface area contributed by atoms with E-state index in [0.29, 0.717) is 35.8 Å². The van der Waals surface area contributed by atoms with Gasteiger partial charge in [-0.2, -0.15) is 9.61 Å². The molecule has 34 heavy (non-hydrogen) atoms. The lowest BCUT2D eigenvalue weighted by molar-refractivity contribution is 0.354. The Hall–Kier alpha value is -4.27. The van der Waals surface area contributed by atoms with Gasteiger partial charge in [0.2, 0.25) is 0 Å². The lowest BCUT2D eigenvalue weighted by atomic mass is 10.0. The van der Waals surface area contributed by atoms with Crippen LogP contribution in [0.25, 0.3) is 27.9 Å².